The van der Waals surface area contributed by atoms with Crippen molar-refractivity contribution in [3.8, 4) is 5.75 Å². The summed E-state index contributed by atoms with van der Waals surface area (Å²) in [5.41, 5.74) is 1.26. The van der Waals surface area contributed by atoms with Gasteiger partial charge in [0.15, 0.2) is 0 Å². The summed E-state index contributed by atoms with van der Waals surface area (Å²) in [7, 11) is -3.61. The Kier molecular flexibility index (Phi) is 7.28. The Morgan fingerprint density at radius 3 is 2.82 bits per heavy atom. The number of phenolic OH excluding ortho intramolecular Hbond substituents is 1. The fraction of sp³-hybridized carbons (Fsp3) is 0.462. The van der Waals surface area contributed by atoms with E-state index in [4.69, 9.17) is 4.74 Å². The Labute approximate surface area is 165 Å². The topological polar surface area (TPSA) is 105 Å². The summed E-state index contributed by atoms with van der Waals surface area (Å²) in [6.07, 6.45) is -0.176. The van der Waals surface area contributed by atoms with Gasteiger partial charge in [-0.3, -0.25) is 4.18 Å². The number of aliphatic hydroxyl groups is 1. The number of ether oxygens (including phenoxy) is 1. The van der Waals surface area contributed by atoms with Gasteiger partial charge >= 0.3 is 0 Å². The van der Waals surface area contributed by atoms with Crippen molar-refractivity contribution in [1.82, 2.24) is 0 Å². The second-order valence-electron chi connectivity index (χ2n) is 4.82. The molecule has 0 fully saturated rings. The van der Waals surface area contributed by atoms with Gasteiger partial charge in [0.2, 0.25) is 5.90 Å². The Bertz CT molecular complexity index is 660. The van der Waals surface area contributed by atoms with E-state index < -0.39 is 22.3 Å². The van der Waals surface area contributed by atoms with Crippen molar-refractivity contribution in [2.45, 2.75) is 19.1 Å². The van der Waals surface area contributed by atoms with Crippen LogP contribution in [0.2, 0.25) is 0 Å². The molecule has 1 aliphatic heterocycles. The van der Waals surface area contributed by atoms with Gasteiger partial charge < -0.3 is 14.9 Å². The quantitative estimate of drug-likeness (QED) is 0.515. The van der Waals surface area contributed by atoms with Crippen molar-refractivity contribution in [3.63, 3.8) is 0 Å². The van der Waals surface area contributed by atoms with E-state index in [-0.39, 0.29) is 63.0 Å². The number of phenols is 1. The molecule has 2 atom stereocenters. The minimum Gasteiger partial charge on any atom is -0.508 e. The van der Waals surface area contributed by atoms with Gasteiger partial charge in [0.05, 0.1) is 12.9 Å². The third-order valence-electron chi connectivity index (χ3n) is 3.11. The molecule has 1 aromatic carbocycles. The zero-order chi connectivity index (χ0) is 15.6. The Hall–Kier alpha value is -0.198. The van der Waals surface area contributed by atoms with Crippen LogP contribution < -0.4 is 0 Å². The van der Waals surface area contributed by atoms with Crippen molar-refractivity contribution in [2.24, 2.45) is 4.99 Å². The molecule has 2 rings (SSSR count). The van der Waals surface area contributed by atoms with Crippen LogP contribution in [0.25, 0.3) is 0 Å². The van der Waals surface area contributed by atoms with Crippen LogP contribution in [0.3, 0.4) is 0 Å². The average Bonchev–Trinajstić information content (AvgIpc) is 2.88. The van der Waals surface area contributed by atoms with Crippen molar-refractivity contribution < 1.29 is 71.6 Å². The summed E-state index contributed by atoms with van der Waals surface area (Å²) in [4.78, 5) is 4.22. The van der Waals surface area contributed by atoms with Gasteiger partial charge in [-0.2, -0.15) is 8.42 Å². The second kappa shape index (κ2) is 8.06. The minimum absolute atomic E-state index is 0. The van der Waals surface area contributed by atoms with Crippen LogP contribution in [0.1, 0.15) is 11.1 Å². The number of aliphatic imine (C=N–C) groups is 1. The first-order valence-electron chi connectivity index (χ1n) is 6.30. The van der Waals surface area contributed by atoms with E-state index in [2.05, 4.69) is 9.18 Å². The van der Waals surface area contributed by atoms with Gasteiger partial charge in [-0.25, -0.2) is 4.99 Å². The van der Waals surface area contributed by atoms with E-state index in [0.29, 0.717) is 17.0 Å². The van der Waals surface area contributed by atoms with Crippen molar-refractivity contribution in [3.05, 3.63) is 29.3 Å². The van der Waals surface area contributed by atoms with Gasteiger partial charge in [-0.15, -0.1) is 0 Å². The molecule has 7 nitrogen and oxygen atoms in total. The monoisotopic (exact) mass is 542 g/mol. The van der Waals surface area contributed by atoms with Crippen LogP contribution in [0.15, 0.2) is 23.2 Å². The fourth-order valence-electron chi connectivity index (χ4n) is 1.89. The SMILES string of the molecule is Cc1c(O)cccc1C1=NC(C(O)COS(C)(=O)=O)CO1.[Ac]. The fourth-order valence-corrected chi connectivity index (χ4v) is 2.28. The summed E-state index contributed by atoms with van der Waals surface area (Å²) >= 11 is 0. The predicted molar refractivity (Wildman–Crippen MR) is 75.9 cm³/mol. The first-order chi connectivity index (χ1) is 9.78. The molecule has 0 aliphatic carbocycles. The molecule has 1 aliphatic rings. The summed E-state index contributed by atoms with van der Waals surface area (Å²) in [6, 6.07) is 4.36. The van der Waals surface area contributed by atoms with E-state index in [1.165, 1.54) is 0 Å². The van der Waals surface area contributed by atoms with Crippen LogP contribution in [0.4, 0.5) is 0 Å². The van der Waals surface area contributed by atoms with E-state index in [1.807, 2.05) is 0 Å². The number of nitrogens with zero attached hydrogens (tertiary/aromatic N) is 1. The molecule has 2 unspecified atom stereocenters. The summed E-state index contributed by atoms with van der Waals surface area (Å²) in [5, 5.41) is 19.5. The molecular formula is C13H17AcNO6S. The van der Waals surface area contributed by atoms with Crippen LogP contribution in [-0.2, 0) is 19.0 Å². The number of hydrogen-bond acceptors (Lipinski definition) is 7. The third-order valence-corrected chi connectivity index (χ3v) is 3.67. The van der Waals surface area contributed by atoms with Gasteiger partial charge in [0.25, 0.3) is 10.1 Å². The van der Waals surface area contributed by atoms with Crippen LogP contribution in [0, 0.1) is 51.0 Å². The maximum absolute atomic E-state index is 10.9. The normalized spacial score (nSPS) is 19.0. The molecule has 1 aromatic rings. The number of rotatable bonds is 5. The average molecular weight is 542 g/mol. The summed E-state index contributed by atoms with van der Waals surface area (Å²) < 4.78 is 31.7. The molecule has 1 radical (unpaired) electrons. The number of hydrogen-bond donors (Lipinski definition) is 2. The van der Waals surface area contributed by atoms with E-state index in [0.717, 1.165) is 6.26 Å². The summed E-state index contributed by atoms with van der Waals surface area (Å²) in [6.45, 7) is 1.48. The van der Waals surface area contributed by atoms with Crippen LogP contribution >= 0.6 is 0 Å². The maximum Gasteiger partial charge on any atom is 0.264 e. The first kappa shape index (κ1) is 19.8. The number of aromatic hydroxyl groups is 1. The van der Waals surface area contributed by atoms with E-state index in [9.17, 15) is 18.6 Å². The van der Waals surface area contributed by atoms with E-state index >= 15 is 0 Å². The maximum atomic E-state index is 10.9. The smallest absolute Gasteiger partial charge is 0.264 e. The van der Waals surface area contributed by atoms with Gasteiger partial charge in [0, 0.05) is 55.2 Å². The molecule has 1 heterocycles. The Balaban J connectivity index is 0.00000242. The second-order valence-corrected chi connectivity index (χ2v) is 6.46. The van der Waals surface area contributed by atoms with Crippen LogP contribution in [0.5, 0.6) is 5.75 Å². The van der Waals surface area contributed by atoms with Crippen LogP contribution in [-0.4, -0.2) is 56.1 Å². The molecule has 0 saturated heterocycles. The van der Waals surface area contributed by atoms with Crippen molar-refractivity contribution >= 4 is 16.0 Å². The molecule has 22 heavy (non-hydrogen) atoms. The molecule has 0 bridgehead atoms. The van der Waals surface area contributed by atoms with E-state index in [1.54, 1.807) is 25.1 Å². The van der Waals surface area contributed by atoms with Crippen molar-refractivity contribution in [2.75, 3.05) is 19.5 Å². The standard InChI is InChI=1S/C13H17NO6S.Ac/c1-8-9(4-3-5-11(8)15)13-14-10(6-19-13)12(16)7-20-21(2,17)18;/h3-5,10,12,15-16H,6-7H2,1-2H3;. The molecule has 0 saturated carbocycles. The largest absolute Gasteiger partial charge is 0.508 e. The number of benzene rings is 1. The predicted octanol–water partition coefficient (Wildman–Crippen LogP) is 0.183. The molecule has 2 N–H and O–H groups in total. The van der Waals surface area contributed by atoms with Gasteiger partial charge in [-0.05, 0) is 19.1 Å². The molecule has 0 aromatic heterocycles. The molecule has 119 valence electrons. The molecule has 9 heteroatoms. The molecule has 0 spiro atoms. The number of aliphatic hydroxyl groups excluding tert-OH is 1. The first-order valence-corrected chi connectivity index (χ1v) is 8.11. The zero-order valence-corrected chi connectivity index (χ0v) is 17.8. The third kappa shape index (κ3) is 5.17. The minimum atomic E-state index is -3.61. The van der Waals surface area contributed by atoms with Gasteiger partial charge in [0.1, 0.15) is 24.5 Å². The summed E-state index contributed by atoms with van der Waals surface area (Å²) in [5.74, 6) is 0.440. The van der Waals surface area contributed by atoms with Crippen molar-refractivity contribution in [1.29, 1.82) is 0 Å². The Morgan fingerprint density at radius 2 is 2.18 bits per heavy atom. The molecular weight excluding hydrogens is 525 g/mol. The Morgan fingerprint density at radius 1 is 1.50 bits per heavy atom. The molecule has 0 amide bonds. The zero-order valence-electron chi connectivity index (χ0n) is 12.3. The van der Waals surface area contributed by atoms with Gasteiger partial charge in [-0.1, -0.05) is 6.07 Å².